The average Bonchev–Trinajstić information content (AvgIpc) is 2.82. The van der Waals surface area contributed by atoms with Crippen molar-refractivity contribution in [1.29, 1.82) is 0 Å². The molecule has 4 rings (SSSR count). The lowest BCUT2D eigenvalue weighted by atomic mass is 9.97. The minimum atomic E-state index is -0.741. The van der Waals surface area contributed by atoms with Crippen LogP contribution in [0, 0.1) is 13.8 Å². The minimum absolute atomic E-state index is 0.101. The smallest absolute Gasteiger partial charge is 0.356 e. The fourth-order valence-corrected chi connectivity index (χ4v) is 3.94. The van der Waals surface area contributed by atoms with Crippen molar-refractivity contribution in [3.63, 3.8) is 0 Å². The fraction of sp³-hybridized carbons (Fsp3) is 0.148. The fourth-order valence-electron chi connectivity index (χ4n) is 3.94. The summed E-state index contributed by atoms with van der Waals surface area (Å²) < 4.78 is 6.65. The lowest BCUT2D eigenvalue weighted by molar-refractivity contribution is -0.119. The number of pyridine rings is 1. The molecule has 6 heteroatoms. The number of benzene rings is 3. The standard InChI is InChI=1S/C27H24N2O4/c1-17-13-14-22(18(2)15-17)28-23(30)16-33-27(32)25-24(19-9-5-4-6-10-19)20-11-7-8-12-21(20)26(31)29(25)3/h4-15H,16H2,1-3H3,(H,28,30). The van der Waals surface area contributed by atoms with E-state index in [0.717, 1.165) is 16.7 Å². The number of rotatable bonds is 5. The number of fused-ring (bicyclic) bond motifs is 1. The van der Waals surface area contributed by atoms with Crippen LogP contribution < -0.4 is 10.9 Å². The number of amides is 1. The van der Waals surface area contributed by atoms with Crippen LogP contribution in [0.25, 0.3) is 21.9 Å². The van der Waals surface area contributed by atoms with E-state index in [0.29, 0.717) is 22.0 Å². The first-order valence-electron chi connectivity index (χ1n) is 10.6. The topological polar surface area (TPSA) is 77.4 Å². The summed E-state index contributed by atoms with van der Waals surface area (Å²) in [5.41, 5.74) is 3.82. The van der Waals surface area contributed by atoms with Crippen molar-refractivity contribution < 1.29 is 14.3 Å². The third-order valence-corrected chi connectivity index (χ3v) is 5.55. The minimum Gasteiger partial charge on any atom is -0.451 e. The number of esters is 1. The third-order valence-electron chi connectivity index (χ3n) is 5.55. The molecule has 0 aliphatic heterocycles. The quantitative estimate of drug-likeness (QED) is 0.460. The van der Waals surface area contributed by atoms with Gasteiger partial charge in [-0.3, -0.25) is 9.59 Å². The Bertz CT molecular complexity index is 1420. The molecule has 0 aliphatic rings. The molecule has 0 radical (unpaired) electrons. The van der Waals surface area contributed by atoms with E-state index in [1.165, 1.54) is 11.6 Å². The van der Waals surface area contributed by atoms with E-state index in [1.54, 1.807) is 12.1 Å². The number of anilines is 1. The molecule has 4 aromatic rings. The van der Waals surface area contributed by atoms with E-state index < -0.39 is 18.5 Å². The van der Waals surface area contributed by atoms with Gasteiger partial charge >= 0.3 is 5.97 Å². The van der Waals surface area contributed by atoms with Crippen LogP contribution in [-0.4, -0.2) is 23.1 Å². The Morgan fingerprint density at radius 3 is 2.27 bits per heavy atom. The van der Waals surface area contributed by atoms with E-state index in [9.17, 15) is 14.4 Å². The molecule has 0 atom stereocenters. The zero-order chi connectivity index (χ0) is 23.5. The Hall–Kier alpha value is -4.19. The van der Waals surface area contributed by atoms with E-state index in [1.807, 2.05) is 74.5 Å². The van der Waals surface area contributed by atoms with Gasteiger partial charge in [0, 0.05) is 23.7 Å². The van der Waals surface area contributed by atoms with Crippen molar-refractivity contribution in [2.45, 2.75) is 13.8 Å². The van der Waals surface area contributed by atoms with Crippen LogP contribution in [0.2, 0.25) is 0 Å². The molecule has 1 heterocycles. The molecule has 6 nitrogen and oxygen atoms in total. The molecule has 0 unspecified atom stereocenters. The highest BCUT2D eigenvalue weighted by Gasteiger charge is 2.23. The van der Waals surface area contributed by atoms with Gasteiger partial charge in [0.15, 0.2) is 6.61 Å². The van der Waals surface area contributed by atoms with Crippen LogP contribution in [0.4, 0.5) is 5.69 Å². The summed E-state index contributed by atoms with van der Waals surface area (Å²) in [5.74, 6) is -1.20. The van der Waals surface area contributed by atoms with Crippen LogP contribution in [-0.2, 0) is 16.6 Å². The highest BCUT2D eigenvalue weighted by atomic mass is 16.5. The molecule has 0 aliphatic carbocycles. The summed E-state index contributed by atoms with van der Waals surface area (Å²) in [4.78, 5) is 38.6. The second kappa shape index (κ2) is 9.12. The molecule has 33 heavy (non-hydrogen) atoms. The van der Waals surface area contributed by atoms with Crippen LogP contribution in [0.1, 0.15) is 21.6 Å². The zero-order valence-corrected chi connectivity index (χ0v) is 18.7. The first-order chi connectivity index (χ1) is 15.9. The van der Waals surface area contributed by atoms with Gasteiger partial charge in [-0.05, 0) is 42.5 Å². The van der Waals surface area contributed by atoms with Gasteiger partial charge in [0.2, 0.25) is 0 Å². The van der Waals surface area contributed by atoms with E-state index in [2.05, 4.69) is 5.32 Å². The van der Waals surface area contributed by atoms with Gasteiger partial charge in [-0.2, -0.15) is 0 Å². The maximum absolute atomic E-state index is 13.2. The second-order valence-electron chi connectivity index (χ2n) is 7.94. The lowest BCUT2D eigenvalue weighted by Crippen LogP contribution is -2.28. The molecule has 3 aromatic carbocycles. The molecule has 0 saturated carbocycles. The Kier molecular flexibility index (Phi) is 6.09. The van der Waals surface area contributed by atoms with Gasteiger partial charge in [0.1, 0.15) is 5.69 Å². The molecule has 0 fully saturated rings. The van der Waals surface area contributed by atoms with Gasteiger partial charge in [-0.15, -0.1) is 0 Å². The molecule has 1 aromatic heterocycles. The first-order valence-corrected chi connectivity index (χ1v) is 10.6. The molecule has 0 saturated heterocycles. The largest absolute Gasteiger partial charge is 0.451 e. The summed E-state index contributed by atoms with van der Waals surface area (Å²) in [5, 5.41) is 3.92. The Morgan fingerprint density at radius 2 is 1.58 bits per heavy atom. The SMILES string of the molecule is Cc1ccc(NC(=O)COC(=O)c2c(-c3ccccc3)c3ccccc3c(=O)n2C)c(C)c1. The predicted octanol–water partition coefficient (Wildman–Crippen LogP) is 4.62. The van der Waals surface area contributed by atoms with E-state index in [4.69, 9.17) is 4.74 Å². The third kappa shape index (κ3) is 4.41. The Morgan fingerprint density at radius 1 is 0.909 bits per heavy atom. The van der Waals surface area contributed by atoms with Crippen molar-refractivity contribution in [2.24, 2.45) is 7.05 Å². The first kappa shape index (κ1) is 22.0. The molecule has 1 N–H and O–H groups in total. The predicted molar refractivity (Wildman–Crippen MR) is 129 cm³/mol. The highest BCUT2D eigenvalue weighted by molar-refractivity contribution is 6.07. The van der Waals surface area contributed by atoms with Gasteiger partial charge in [0.05, 0.1) is 0 Å². The number of hydrogen-bond donors (Lipinski definition) is 1. The molecule has 0 bridgehead atoms. The molecule has 0 spiro atoms. The maximum atomic E-state index is 13.2. The van der Waals surface area contributed by atoms with Crippen molar-refractivity contribution >= 4 is 28.3 Å². The number of carbonyl (C=O) groups excluding carboxylic acids is 2. The molecule has 1 amide bonds. The number of nitrogens with one attached hydrogen (secondary N) is 1. The number of nitrogens with zero attached hydrogens (tertiary/aromatic N) is 1. The zero-order valence-electron chi connectivity index (χ0n) is 18.7. The van der Waals surface area contributed by atoms with Crippen molar-refractivity contribution in [1.82, 2.24) is 4.57 Å². The van der Waals surface area contributed by atoms with Crippen molar-refractivity contribution in [3.8, 4) is 11.1 Å². The second-order valence-corrected chi connectivity index (χ2v) is 7.94. The number of carbonyl (C=O) groups is 2. The average molecular weight is 440 g/mol. The number of hydrogen-bond acceptors (Lipinski definition) is 4. The summed E-state index contributed by atoms with van der Waals surface area (Å²) in [6.07, 6.45) is 0. The summed E-state index contributed by atoms with van der Waals surface area (Å²) in [6.45, 7) is 3.39. The lowest BCUT2D eigenvalue weighted by Gasteiger charge is -2.17. The number of aromatic nitrogens is 1. The Balaban J connectivity index is 1.67. The van der Waals surface area contributed by atoms with E-state index in [-0.39, 0.29) is 11.3 Å². The van der Waals surface area contributed by atoms with Crippen LogP contribution >= 0.6 is 0 Å². The normalized spacial score (nSPS) is 10.8. The van der Waals surface area contributed by atoms with Crippen LogP contribution in [0.3, 0.4) is 0 Å². The van der Waals surface area contributed by atoms with Crippen LogP contribution in [0.5, 0.6) is 0 Å². The Labute approximate surface area is 191 Å². The van der Waals surface area contributed by atoms with Crippen LogP contribution in [0.15, 0.2) is 77.6 Å². The number of ether oxygens (including phenoxy) is 1. The van der Waals surface area contributed by atoms with Crippen molar-refractivity contribution in [3.05, 3.63) is 100.0 Å². The summed E-state index contributed by atoms with van der Waals surface area (Å²) in [6, 6.07) is 22.2. The van der Waals surface area contributed by atoms with Gasteiger partial charge in [-0.25, -0.2) is 4.79 Å². The molecule has 166 valence electrons. The molecular weight excluding hydrogens is 416 g/mol. The van der Waals surface area contributed by atoms with Gasteiger partial charge in [0.25, 0.3) is 11.5 Å². The summed E-state index contributed by atoms with van der Waals surface area (Å²) in [7, 11) is 1.54. The van der Waals surface area contributed by atoms with Crippen molar-refractivity contribution in [2.75, 3.05) is 11.9 Å². The van der Waals surface area contributed by atoms with Gasteiger partial charge < -0.3 is 14.6 Å². The number of aryl methyl sites for hydroxylation is 2. The monoisotopic (exact) mass is 440 g/mol. The van der Waals surface area contributed by atoms with E-state index >= 15 is 0 Å². The maximum Gasteiger partial charge on any atom is 0.356 e. The van der Waals surface area contributed by atoms with Gasteiger partial charge in [-0.1, -0.05) is 66.2 Å². The highest BCUT2D eigenvalue weighted by Crippen LogP contribution is 2.30. The summed E-state index contributed by atoms with van der Waals surface area (Å²) >= 11 is 0. The molecular formula is C27H24N2O4.